The van der Waals surface area contributed by atoms with Gasteiger partial charge in [-0.3, -0.25) is 10.1 Å². The van der Waals surface area contributed by atoms with Gasteiger partial charge >= 0.3 is 6.09 Å². The topological polar surface area (TPSA) is 55.4 Å². The molecule has 0 atom stereocenters. The average Bonchev–Trinajstić information content (AvgIpc) is 1.87. The van der Waals surface area contributed by atoms with Crippen molar-refractivity contribution in [1.29, 1.82) is 0 Å². The van der Waals surface area contributed by atoms with Gasteiger partial charge < -0.3 is 4.74 Å². The van der Waals surface area contributed by atoms with Crippen LogP contribution in [0.3, 0.4) is 0 Å². The van der Waals surface area contributed by atoms with E-state index in [1.807, 2.05) is 0 Å². The number of allylic oxidation sites excluding steroid dienone is 1. The van der Waals surface area contributed by atoms with E-state index in [-0.39, 0.29) is 5.78 Å². The Kier molecular flexibility index (Phi) is 4.81. The monoisotopic (exact) mass is 157 g/mol. The SMILES string of the molecule is CCOC(=O)NC=CC(C)=O. The lowest BCUT2D eigenvalue weighted by atomic mass is 10.4. The summed E-state index contributed by atoms with van der Waals surface area (Å²) < 4.78 is 4.51. The van der Waals surface area contributed by atoms with Crippen LogP contribution in [0, 0.1) is 0 Å². The summed E-state index contributed by atoms with van der Waals surface area (Å²) in [5.41, 5.74) is 0. The van der Waals surface area contributed by atoms with E-state index in [1.54, 1.807) is 6.92 Å². The Balaban J connectivity index is 3.53. The van der Waals surface area contributed by atoms with Gasteiger partial charge in [0.05, 0.1) is 6.61 Å². The molecule has 1 N–H and O–H groups in total. The van der Waals surface area contributed by atoms with Crippen molar-refractivity contribution in [3.05, 3.63) is 12.3 Å². The normalized spacial score (nSPS) is 9.64. The van der Waals surface area contributed by atoms with Crippen LogP contribution in [0.25, 0.3) is 0 Å². The number of alkyl carbamates (subject to hydrolysis) is 1. The molecule has 0 bridgehead atoms. The summed E-state index contributed by atoms with van der Waals surface area (Å²) in [6.45, 7) is 3.41. The van der Waals surface area contributed by atoms with Gasteiger partial charge in [0.15, 0.2) is 5.78 Å². The van der Waals surface area contributed by atoms with Gasteiger partial charge in [-0.25, -0.2) is 4.79 Å². The second-order valence-corrected chi connectivity index (χ2v) is 1.81. The standard InChI is InChI=1S/C7H11NO3/c1-3-11-7(10)8-5-4-6(2)9/h4-5H,3H2,1-2H3,(H,8,10). The lowest BCUT2D eigenvalue weighted by Crippen LogP contribution is -2.18. The summed E-state index contributed by atoms with van der Waals surface area (Å²) in [6.07, 6.45) is 1.95. The number of ether oxygens (including phenoxy) is 1. The number of hydrogen-bond donors (Lipinski definition) is 1. The largest absolute Gasteiger partial charge is 0.450 e. The minimum Gasteiger partial charge on any atom is -0.450 e. The first-order valence-electron chi connectivity index (χ1n) is 3.27. The summed E-state index contributed by atoms with van der Waals surface area (Å²) in [7, 11) is 0. The highest BCUT2D eigenvalue weighted by Gasteiger charge is 1.93. The molecule has 0 unspecified atom stereocenters. The lowest BCUT2D eigenvalue weighted by Gasteiger charge is -1.97. The first-order chi connectivity index (χ1) is 5.16. The van der Waals surface area contributed by atoms with Gasteiger partial charge in [0, 0.05) is 6.20 Å². The van der Waals surface area contributed by atoms with Crippen LogP contribution in [-0.4, -0.2) is 18.5 Å². The molecule has 0 saturated carbocycles. The maximum atomic E-state index is 10.5. The third-order valence-corrected chi connectivity index (χ3v) is 0.795. The number of nitrogens with one attached hydrogen (secondary N) is 1. The molecule has 0 aromatic rings. The van der Waals surface area contributed by atoms with Crippen molar-refractivity contribution < 1.29 is 14.3 Å². The fourth-order valence-corrected chi connectivity index (χ4v) is 0.400. The van der Waals surface area contributed by atoms with Crippen molar-refractivity contribution in [2.45, 2.75) is 13.8 Å². The maximum Gasteiger partial charge on any atom is 0.411 e. The highest BCUT2D eigenvalue weighted by Crippen LogP contribution is 1.77. The number of rotatable bonds is 3. The minimum absolute atomic E-state index is 0.123. The van der Waals surface area contributed by atoms with Gasteiger partial charge in [-0.15, -0.1) is 0 Å². The third kappa shape index (κ3) is 6.57. The summed E-state index contributed by atoms with van der Waals surface area (Å²) in [6, 6.07) is 0. The maximum absolute atomic E-state index is 10.5. The first-order valence-corrected chi connectivity index (χ1v) is 3.27. The van der Waals surface area contributed by atoms with Crippen molar-refractivity contribution >= 4 is 11.9 Å². The molecule has 0 heterocycles. The van der Waals surface area contributed by atoms with E-state index in [0.717, 1.165) is 0 Å². The van der Waals surface area contributed by atoms with E-state index in [4.69, 9.17) is 0 Å². The van der Waals surface area contributed by atoms with E-state index in [1.165, 1.54) is 19.2 Å². The van der Waals surface area contributed by atoms with Gasteiger partial charge in [0.2, 0.25) is 0 Å². The molecule has 0 rings (SSSR count). The Morgan fingerprint density at radius 1 is 1.55 bits per heavy atom. The molecule has 11 heavy (non-hydrogen) atoms. The molecule has 0 saturated heterocycles. The van der Waals surface area contributed by atoms with Crippen LogP contribution in [0.5, 0.6) is 0 Å². The van der Waals surface area contributed by atoms with Crippen LogP contribution in [0.4, 0.5) is 4.79 Å². The van der Waals surface area contributed by atoms with Crippen molar-refractivity contribution in [3.63, 3.8) is 0 Å². The van der Waals surface area contributed by atoms with Crippen LogP contribution in [0.15, 0.2) is 12.3 Å². The zero-order chi connectivity index (χ0) is 8.69. The van der Waals surface area contributed by atoms with Crippen molar-refractivity contribution in [3.8, 4) is 0 Å². The van der Waals surface area contributed by atoms with Crippen molar-refractivity contribution in [2.75, 3.05) is 6.61 Å². The Bertz CT molecular complexity index is 175. The molecule has 0 radical (unpaired) electrons. The molecule has 0 fully saturated rings. The smallest absolute Gasteiger partial charge is 0.411 e. The molecule has 0 aromatic carbocycles. The molecule has 0 aliphatic carbocycles. The van der Waals surface area contributed by atoms with Gasteiger partial charge in [-0.1, -0.05) is 0 Å². The average molecular weight is 157 g/mol. The molecule has 0 aliphatic rings. The van der Waals surface area contributed by atoms with E-state index in [9.17, 15) is 9.59 Å². The molecule has 0 spiro atoms. The molecule has 0 aliphatic heterocycles. The molecule has 1 amide bonds. The van der Waals surface area contributed by atoms with Gasteiger partial charge in [0.25, 0.3) is 0 Å². The zero-order valence-electron chi connectivity index (χ0n) is 6.59. The van der Waals surface area contributed by atoms with Crippen LogP contribution >= 0.6 is 0 Å². The van der Waals surface area contributed by atoms with E-state index < -0.39 is 6.09 Å². The second-order valence-electron chi connectivity index (χ2n) is 1.81. The Morgan fingerprint density at radius 3 is 2.64 bits per heavy atom. The Labute approximate surface area is 65.2 Å². The predicted octanol–water partition coefficient (Wildman–Crippen LogP) is 0.835. The minimum atomic E-state index is -0.551. The number of ketones is 1. The molecular formula is C7H11NO3. The molecule has 4 heteroatoms. The predicted molar refractivity (Wildman–Crippen MR) is 40.0 cm³/mol. The Morgan fingerprint density at radius 2 is 2.18 bits per heavy atom. The second kappa shape index (κ2) is 5.46. The Hall–Kier alpha value is -1.32. The summed E-state index contributed by atoms with van der Waals surface area (Å²) in [5.74, 6) is -0.123. The number of amides is 1. The highest BCUT2D eigenvalue weighted by atomic mass is 16.5. The highest BCUT2D eigenvalue weighted by molar-refractivity contribution is 5.87. The first kappa shape index (κ1) is 9.68. The van der Waals surface area contributed by atoms with Crippen molar-refractivity contribution in [2.24, 2.45) is 0 Å². The fourth-order valence-electron chi connectivity index (χ4n) is 0.400. The quantitative estimate of drug-likeness (QED) is 0.617. The summed E-state index contributed by atoms with van der Waals surface area (Å²) in [4.78, 5) is 20.8. The third-order valence-electron chi connectivity index (χ3n) is 0.795. The molecule has 0 aromatic heterocycles. The van der Waals surface area contributed by atoms with Crippen LogP contribution in [0.1, 0.15) is 13.8 Å². The van der Waals surface area contributed by atoms with E-state index in [0.29, 0.717) is 6.61 Å². The van der Waals surface area contributed by atoms with Crippen LogP contribution < -0.4 is 5.32 Å². The van der Waals surface area contributed by atoms with Crippen LogP contribution in [-0.2, 0) is 9.53 Å². The summed E-state index contributed by atoms with van der Waals surface area (Å²) >= 11 is 0. The molecular weight excluding hydrogens is 146 g/mol. The van der Waals surface area contributed by atoms with E-state index >= 15 is 0 Å². The zero-order valence-corrected chi connectivity index (χ0v) is 6.59. The van der Waals surface area contributed by atoms with Crippen LogP contribution in [0.2, 0.25) is 0 Å². The fraction of sp³-hybridized carbons (Fsp3) is 0.429. The van der Waals surface area contributed by atoms with Crippen molar-refractivity contribution in [1.82, 2.24) is 5.32 Å². The lowest BCUT2D eigenvalue weighted by molar-refractivity contribution is -0.112. The number of hydrogen-bond acceptors (Lipinski definition) is 3. The molecule has 4 nitrogen and oxygen atoms in total. The molecule has 62 valence electrons. The van der Waals surface area contributed by atoms with Gasteiger partial charge in [0.1, 0.15) is 0 Å². The van der Waals surface area contributed by atoms with Gasteiger partial charge in [-0.05, 0) is 19.9 Å². The summed E-state index contributed by atoms with van der Waals surface area (Å²) in [5, 5.41) is 2.25. The van der Waals surface area contributed by atoms with Gasteiger partial charge in [-0.2, -0.15) is 0 Å². The number of carbonyl (C=O) groups excluding carboxylic acids is 2. The van der Waals surface area contributed by atoms with E-state index in [2.05, 4.69) is 10.1 Å². The number of carbonyl (C=O) groups is 2.